The summed E-state index contributed by atoms with van der Waals surface area (Å²) < 4.78 is 5.18. The van der Waals surface area contributed by atoms with Gasteiger partial charge in [0.2, 0.25) is 0 Å². The molecule has 0 aliphatic rings. The fourth-order valence-corrected chi connectivity index (χ4v) is 2.64. The third kappa shape index (κ3) is 5.28. The van der Waals surface area contributed by atoms with Gasteiger partial charge in [-0.3, -0.25) is 19.7 Å². The van der Waals surface area contributed by atoms with Gasteiger partial charge in [0, 0.05) is 5.56 Å². The molecular formula is C21H23NO4. The van der Waals surface area contributed by atoms with E-state index in [0.29, 0.717) is 5.56 Å². The van der Waals surface area contributed by atoms with Crippen molar-refractivity contribution in [2.45, 2.75) is 26.2 Å². The Morgan fingerprint density at radius 2 is 1.54 bits per heavy atom. The topological polar surface area (TPSA) is 72.5 Å². The number of hydrogen-bond donors (Lipinski definition) is 1. The van der Waals surface area contributed by atoms with Gasteiger partial charge in [-0.25, -0.2) is 0 Å². The molecule has 0 aliphatic heterocycles. The van der Waals surface area contributed by atoms with Crippen LogP contribution in [0.4, 0.5) is 0 Å². The van der Waals surface area contributed by atoms with Crippen LogP contribution < -0.4 is 5.32 Å². The Morgan fingerprint density at radius 1 is 0.962 bits per heavy atom. The Labute approximate surface area is 153 Å². The number of nitrogens with one attached hydrogen (secondary N) is 1. The Morgan fingerprint density at radius 3 is 2.12 bits per heavy atom. The van der Waals surface area contributed by atoms with Crippen LogP contribution in [0.3, 0.4) is 0 Å². The lowest BCUT2D eigenvalue weighted by molar-refractivity contribution is -0.151. The largest absolute Gasteiger partial charge is 0.455 e. The summed E-state index contributed by atoms with van der Waals surface area (Å²) in [6.45, 7) is 3.48. The SMILES string of the molecule is CC[C@@H](C)[C@H](C(=O)OCC(=O)NC(=O)c1ccccc1)c1ccccc1. The lowest BCUT2D eigenvalue weighted by Gasteiger charge is -2.21. The molecular weight excluding hydrogens is 330 g/mol. The lowest BCUT2D eigenvalue weighted by atomic mass is 9.86. The van der Waals surface area contributed by atoms with Crippen LogP contribution in [0.2, 0.25) is 0 Å². The van der Waals surface area contributed by atoms with Crippen LogP contribution in [0, 0.1) is 5.92 Å². The normalized spacial score (nSPS) is 12.7. The summed E-state index contributed by atoms with van der Waals surface area (Å²) in [5, 5.41) is 2.22. The highest BCUT2D eigenvalue weighted by Gasteiger charge is 2.28. The lowest BCUT2D eigenvalue weighted by Crippen LogP contribution is -2.35. The smallest absolute Gasteiger partial charge is 0.314 e. The van der Waals surface area contributed by atoms with E-state index in [1.165, 1.54) is 0 Å². The number of benzene rings is 2. The molecule has 0 aromatic heterocycles. The molecule has 2 rings (SSSR count). The van der Waals surface area contributed by atoms with Gasteiger partial charge in [0.05, 0.1) is 5.92 Å². The minimum absolute atomic E-state index is 0.0684. The fourth-order valence-electron chi connectivity index (χ4n) is 2.64. The van der Waals surface area contributed by atoms with E-state index in [0.717, 1.165) is 12.0 Å². The Balaban J connectivity index is 1.95. The first kappa shape index (κ1) is 19.4. The molecule has 5 heteroatoms. The van der Waals surface area contributed by atoms with Crippen molar-refractivity contribution in [2.24, 2.45) is 5.92 Å². The average molecular weight is 353 g/mol. The molecule has 0 saturated heterocycles. The maximum atomic E-state index is 12.5. The van der Waals surface area contributed by atoms with Gasteiger partial charge in [-0.2, -0.15) is 0 Å². The molecule has 2 aromatic rings. The van der Waals surface area contributed by atoms with Crippen molar-refractivity contribution in [3.05, 3.63) is 71.8 Å². The van der Waals surface area contributed by atoms with Crippen LogP contribution in [0.25, 0.3) is 0 Å². The van der Waals surface area contributed by atoms with Gasteiger partial charge >= 0.3 is 5.97 Å². The zero-order valence-electron chi connectivity index (χ0n) is 15.0. The first-order valence-corrected chi connectivity index (χ1v) is 8.63. The van der Waals surface area contributed by atoms with E-state index in [2.05, 4.69) is 5.32 Å². The molecule has 2 amide bonds. The number of carbonyl (C=O) groups excluding carboxylic acids is 3. The van der Waals surface area contributed by atoms with Gasteiger partial charge < -0.3 is 4.74 Å². The van der Waals surface area contributed by atoms with E-state index in [1.807, 2.05) is 44.2 Å². The highest BCUT2D eigenvalue weighted by Crippen LogP contribution is 2.28. The molecule has 2 aromatic carbocycles. The number of rotatable bonds is 7. The van der Waals surface area contributed by atoms with Crippen LogP contribution in [-0.2, 0) is 14.3 Å². The maximum Gasteiger partial charge on any atom is 0.314 e. The van der Waals surface area contributed by atoms with Crippen molar-refractivity contribution in [1.82, 2.24) is 5.32 Å². The first-order valence-electron chi connectivity index (χ1n) is 8.63. The molecule has 2 atom stereocenters. The molecule has 0 unspecified atom stereocenters. The molecule has 0 radical (unpaired) electrons. The molecule has 1 N–H and O–H groups in total. The van der Waals surface area contributed by atoms with E-state index >= 15 is 0 Å². The van der Waals surface area contributed by atoms with E-state index in [1.54, 1.807) is 30.3 Å². The van der Waals surface area contributed by atoms with E-state index in [-0.39, 0.29) is 5.92 Å². The molecule has 0 fully saturated rings. The van der Waals surface area contributed by atoms with Crippen molar-refractivity contribution < 1.29 is 19.1 Å². The van der Waals surface area contributed by atoms with Crippen molar-refractivity contribution in [3.63, 3.8) is 0 Å². The molecule has 0 saturated carbocycles. The molecule has 0 spiro atoms. The Hall–Kier alpha value is -2.95. The van der Waals surface area contributed by atoms with E-state index in [4.69, 9.17) is 4.74 Å². The van der Waals surface area contributed by atoms with Crippen LogP contribution >= 0.6 is 0 Å². The minimum Gasteiger partial charge on any atom is -0.455 e. The summed E-state index contributed by atoms with van der Waals surface area (Å²) in [7, 11) is 0. The maximum absolute atomic E-state index is 12.5. The highest BCUT2D eigenvalue weighted by atomic mass is 16.5. The second-order valence-electron chi connectivity index (χ2n) is 6.12. The quantitative estimate of drug-likeness (QED) is 0.775. The molecule has 0 aliphatic carbocycles. The van der Waals surface area contributed by atoms with Gasteiger partial charge in [0.15, 0.2) is 6.61 Å². The number of imide groups is 1. The van der Waals surface area contributed by atoms with Crippen LogP contribution in [0.1, 0.15) is 42.1 Å². The summed E-state index contributed by atoms with van der Waals surface area (Å²) in [4.78, 5) is 36.4. The van der Waals surface area contributed by atoms with Crippen LogP contribution in [-0.4, -0.2) is 24.4 Å². The number of hydrogen-bond acceptors (Lipinski definition) is 4. The van der Waals surface area contributed by atoms with Crippen molar-refractivity contribution in [2.75, 3.05) is 6.61 Å². The standard InChI is InChI=1S/C21H23NO4/c1-3-15(2)19(16-10-6-4-7-11-16)21(25)26-14-18(23)22-20(24)17-12-8-5-9-13-17/h4-13,15,19H,3,14H2,1-2H3,(H,22,23,24)/t15-,19+/m1/s1. The van der Waals surface area contributed by atoms with Gasteiger partial charge in [-0.1, -0.05) is 68.8 Å². The average Bonchev–Trinajstić information content (AvgIpc) is 2.68. The number of ether oxygens (including phenoxy) is 1. The minimum atomic E-state index is -0.650. The molecule has 26 heavy (non-hydrogen) atoms. The number of carbonyl (C=O) groups is 3. The second kappa shape index (κ2) is 9.51. The summed E-state index contributed by atoms with van der Waals surface area (Å²) in [5.74, 6) is -2.01. The van der Waals surface area contributed by atoms with E-state index in [9.17, 15) is 14.4 Å². The molecule has 136 valence electrons. The monoisotopic (exact) mass is 353 g/mol. The van der Waals surface area contributed by atoms with Gasteiger partial charge in [-0.05, 0) is 23.6 Å². The van der Waals surface area contributed by atoms with Crippen LogP contribution in [0.15, 0.2) is 60.7 Å². The van der Waals surface area contributed by atoms with Gasteiger partial charge in [0.25, 0.3) is 11.8 Å². The van der Waals surface area contributed by atoms with Gasteiger partial charge in [0.1, 0.15) is 0 Å². The number of esters is 1. The molecule has 0 heterocycles. The molecule has 5 nitrogen and oxygen atoms in total. The highest BCUT2D eigenvalue weighted by molar-refractivity contribution is 6.05. The van der Waals surface area contributed by atoms with E-state index < -0.39 is 30.3 Å². The Bertz CT molecular complexity index is 743. The fraction of sp³-hybridized carbons (Fsp3) is 0.286. The predicted octanol–water partition coefficient (Wildman–Crippen LogP) is 3.32. The van der Waals surface area contributed by atoms with Crippen molar-refractivity contribution >= 4 is 17.8 Å². The van der Waals surface area contributed by atoms with Crippen LogP contribution in [0.5, 0.6) is 0 Å². The third-order valence-electron chi connectivity index (χ3n) is 4.26. The zero-order chi connectivity index (χ0) is 18.9. The number of amides is 2. The van der Waals surface area contributed by atoms with Crippen molar-refractivity contribution in [1.29, 1.82) is 0 Å². The predicted molar refractivity (Wildman–Crippen MR) is 98.5 cm³/mol. The Kier molecular flexibility index (Phi) is 7.09. The van der Waals surface area contributed by atoms with Crippen molar-refractivity contribution in [3.8, 4) is 0 Å². The van der Waals surface area contributed by atoms with Gasteiger partial charge in [-0.15, -0.1) is 0 Å². The summed E-state index contributed by atoms with van der Waals surface area (Å²) >= 11 is 0. The molecule has 0 bridgehead atoms. The second-order valence-corrected chi connectivity index (χ2v) is 6.12. The zero-order valence-corrected chi connectivity index (χ0v) is 15.0. The third-order valence-corrected chi connectivity index (χ3v) is 4.26. The summed E-state index contributed by atoms with van der Waals surface area (Å²) in [5.41, 5.74) is 1.22. The summed E-state index contributed by atoms with van der Waals surface area (Å²) in [6, 6.07) is 17.7. The first-order chi connectivity index (χ1) is 12.5. The summed E-state index contributed by atoms with van der Waals surface area (Å²) in [6.07, 6.45) is 0.799.